The number of nitrogens with one attached hydrogen (secondary N) is 2. The van der Waals surface area contributed by atoms with Crippen LogP contribution in [0.3, 0.4) is 0 Å². The highest BCUT2D eigenvalue weighted by Crippen LogP contribution is 1.95. The first kappa shape index (κ1) is 6.60. The Hall–Kier alpha value is -1.52. The molecule has 1 heterocycles. The number of hydrogen-bond donors (Lipinski definition) is 2. The van der Waals surface area contributed by atoms with Gasteiger partial charge in [-0.25, -0.2) is 4.79 Å². The van der Waals surface area contributed by atoms with Crippen LogP contribution in [0.1, 0.15) is 0 Å². The highest BCUT2D eigenvalue weighted by atomic mass is 16.5. The summed E-state index contributed by atoms with van der Waals surface area (Å²) in [4.78, 5) is 21.0. The number of ether oxygens (including phenoxy) is 1. The maximum Gasteiger partial charge on any atom is 0.326 e. The van der Waals surface area contributed by atoms with Crippen molar-refractivity contribution < 1.29 is 14.3 Å². The molecule has 0 aromatic carbocycles. The lowest BCUT2D eigenvalue weighted by Crippen LogP contribution is -2.22. The Balaban J connectivity index is 2.72. The Morgan fingerprint density at radius 2 is 2.10 bits per heavy atom. The molecule has 1 saturated heterocycles. The van der Waals surface area contributed by atoms with Gasteiger partial charge >= 0.3 is 6.03 Å². The standard InChI is InChI=1S/C5H6N2O3/c1-10-2-3-4(8)7-5(9)6-3/h2H,1H3,(H2,6,7,8,9). The van der Waals surface area contributed by atoms with Gasteiger partial charge in [0, 0.05) is 0 Å². The zero-order valence-corrected chi connectivity index (χ0v) is 5.30. The first-order chi connectivity index (χ1) is 4.74. The fourth-order valence-electron chi connectivity index (χ4n) is 0.582. The van der Waals surface area contributed by atoms with E-state index in [1.165, 1.54) is 13.4 Å². The summed E-state index contributed by atoms with van der Waals surface area (Å²) < 4.78 is 4.51. The Morgan fingerprint density at radius 3 is 2.50 bits per heavy atom. The molecular formula is C5H6N2O3. The van der Waals surface area contributed by atoms with Crippen molar-refractivity contribution in [3.8, 4) is 0 Å². The van der Waals surface area contributed by atoms with Crippen molar-refractivity contribution in [2.24, 2.45) is 0 Å². The van der Waals surface area contributed by atoms with E-state index in [2.05, 4.69) is 10.1 Å². The molecule has 2 N–H and O–H groups in total. The summed E-state index contributed by atoms with van der Waals surface area (Å²) in [6.07, 6.45) is 1.17. The Bertz CT molecular complexity index is 209. The molecule has 1 rings (SSSR count). The van der Waals surface area contributed by atoms with Crippen LogP contribution in [0.5, 0.6) is 0 Å². The lowest BCUT2D eigenvalue weighted by atomic mass is 10.5. The zero-order valence-electron chi connectivity index (χ0n) is 5.30. The van der Waals surface area contributed by atoms with Crippen molar-refractivity contribution in [1.29, 1.82) is 0 Å². The van der Waals surface area contributed by atoms with E-state index in [9.17, 15) is 9.59 Å². The molecule has 1 aliphatic heterocycles. The second kappa shape index (κ2) is 2.38. The number of methoxy groups -OCH3 is 1. The number of rotatable bonds is 1. The maximum absolute atomic E-state index is 10.6. The molecule has 0 unspecified atom stereocenters. The third kappa shape index (κ3) is 1.07. The molecule has 0 spiro atoms. The minimum absolute atomic E-state index is 0.132. The average molecular weight is 142 g/mol. The molecule has 0 aliphatic carbocycles. The van der Waals surface area contributed by atoms with Crippen molar-refractivity contribution in [2.75, 3.05) is 7.11 Å². The Kier molecular flexibility index (Phi) is 1.57. The Morgan fingerprint density at radius 1 is 1.40 bits per heavy atom. The van der Waals surface area contributed by atoms with Gasteiger partial charge in [-0.15, -0.1) is 0 Å². The Labute approximate surface area is 57.0 Å². The molecule has 0 radical (unpaired) electrons. The third-order valence-corrected chi connectivity index (χ3v) is 0.956. The van der Waals surface area contributed by atoms with Gasteiger partial charge in [0.15, 0.2) is 0 Å². The zero-order chi connectivity index (χ0) is 7.56. The largest absolute Gasteiger partial charge is 0.502 e. The minimum atomic E-state index is -0.520. The van der Waals surface area contributed by atoms with E-state index in [1.807, 2.05) is 5.32 Å². The molecule has 0 aromatic rings. The summed E-state index contributed by atoms with van der Waals surface area (Å²) in [7, 11) is 1.39. The molecule has 0 saturated carbocycles. The average Bonchev–Trinajstić information content (AvgIpc) is 2.13. The molecular weight excluding hydrogens is 136 g/mol. The molecule has 5 nitrogen and oxygen atoms in total. The monoisotopic (exact) mass is 142 g/mol. The fourth-order valence-corrected chi connectivity index (χ4v) is 0.582. The van der Waals surface area contributed by atoms with Gasteiger partial charge in [-0.3, -0.25) is 10.1 Å². The van der Waals surface area contributed by atoms with Crippen molar-refractivity contribution in [3.05, 3.63) is 12.0 Å². The number of carbonyl (C=O) groups excluding carboxylic acids is 2. The van der Waals surface area contributed by atoms with E-state index in [0.29, 0.717) is 0 Å². The quantitative estimate of drug-likeness (QED) is 0.289. The number of hydrogen-bond acceptors (Lipinski definition) is 3. The van der Waals surface area contributed by atoms with Crippen LogP contribution in [0.4, 0.5) is 4.79 Å². The first-order valence-electron chi connectivity index (χ1n) is 2.59. The van der Waals surface area contributed by atoms with E-state index >= 15 is 0 Å². The van der Waals surface area contributed by atoms with Gasteiger partial charge in [0.1, 0.15) is 12.0 Å². The number of carbonyl (C=O) groups is 2. The fraction of sp³-hybridized carbons (Fsp3) is 0.200. The molecule has 0 aromatic heterocycles. The van der Waals surface area contributed by atoms with E-state index in [0.717, 1.165) is 0 Å². The van der Waals surface area contributed by atoms with E-state index in [1.54, 1.807) is 0 Å². The van der Waals surface area contributed by atoms with Gasteiger partial charge in [-0.05, 0) is 0 Å². The van der Waals surface area contributed by atoms with Gasteiger partial charge in [0.25, 0.3) is 5.91 Å². The SMILES string of the molecule is COC=C1NC(=O)NC1=O. The number of imide groups is 1. The normalized spacial score (nSPS) is 20.7. The van der Waals surface area contributed by atoms with Crippen LogP contribution >= 0.6 is 0 Å². The molecule has 1 fully saturated rings. The lowest BCUT2D eigenvalue weighted by molar-refractivity contribution is -0.115. The van der Waals surface area contributed by atoms with Crippen molar-refractivity contribution >= 4 is 11.9 Å². The first-order valence-corrected chi connectivity index (χ1v) is 2.59. The van der Waals surface area contributed by atoms with E-state index in [-0.39, 0.29) is 5.70 Å². The van der Waals surface area contributed by atoms with Crippen molar-refractivity contribution in [3.63, 3.8) is 0 Å². The maximum atomic E-state index is 10.6. The van der Waals surface area contributed by atoms with Gasteiger partial charge in [-0.1, -0.05) is 0 Å². The summed E-state index contributed by atoms with van der Waals surface area (Å²) in [5, 5.41) is 4.26. The summed E-state index contributed by atoms with van der Waals surface area (Å²) in [5.41, 5.74) is 0.132. The highest BCUT2D eigenvalue weighted by Gasteiger charge is 2.22. The molecule has 54 valence electrons. The van der Waals surface area contributed by atoms with Crippen LogP contribution in [0.25, 0.3) is 0 Å². The van der Waals surface area contributed by atoms with Crippen molar-refractivity contribution in [1.82, 2.24) is 10.6 Å². The summed E-state index contributed by atoms with van der Waals surface area (Å²) in [6.45, 7) is 0. The van der Waals surface area contributed by atoms with Crippen LogP contribution in [0.15, 0.2) is 12.0 Å². The van der Waals surface area contributed by atoms with Crippen LogP contribution in [-0.2, 0) is 9.53 Å². The predicted octanol–water partition coefficient (Wildman–Crippen LogP) is -0.686. The highest BCUT2D eigenvalue weighted by molar-refractivity contribution is 6.11. The van der Waals surface area contributed by atoms with Crippen LogP contribution < -0.4 is 10.6 Å². The van der Waals surface area contributed by atoms with Crippen LogP contribution in [0, 0.1) is 0 Å². The summed E-state index contributed by atoms with van der Waals surface area (Å²) in [6, 6.07) is -0.520. The van der Waals surface area contributed by atoms with Gasteiger partial charge in [0.2, 0.25) is 0 Å². The van der Waals surface area contributed by atoms with Crippen LogP contribution in [0.2, 0.25) is 0 Å². The predicted molar refractivity (Wildman–Crippen MR) is 31.8 cm³/mol. The minimum Gasteiger partial charge on any atom is -0.502 e. The second-order valence-electron chi connectivity index (χ2n) is 1.68. The van der Waals surface area contributed by atoms with E-state index in [4.69, 9.17) is 0 Å². The second-order valence-corrected chi connectivity index (χ2v) is 1.68. The number of urea groups is 1. The molecule has 5 heteroatoms. The van der Waals surface area contributed by atoms with Gasteiger partial charge < -0.3 is 10.1 Å². The van der Waals surface area contributed by atoms with Gasteiger partial charge in [0.05, 0.1) is 7.11 Å². The molecule has 0 atom stereocenters. The topological polar surface area (TPSA) is 67.4 Å². The van der Waals surface area contributed by atoms with Crippen molar-refractivity contribution in [2.45, 2.75) is 0 Å². The molecule has 10 heavy (non-hydrogen) atoms. The van der Waals surface area contributed by atoms with Crippen LogP contribution in [-0.4, -0.2) is 19.0 Å². The summed E-state index contributed by atoms with van der Waals surface area (Å²) in [5.74, 6) is -0.466. The smallest absolute Gasteiger partial charge is 0.326 e. The molecule has 3 amide bonds. The molecule has 1 aliphatic rings. The number of amides is 3. The van der Waals surface area contributed by atoms with E-state index < -0.39 is 11.9 Å². The lowest BCUT2D eigenvalue weighted by Gasteiger charge is -1.90. The van der Waals surface area contributed by atoms with Gasteiger partial charge in [-0.2, -0.15) is 0 Å². The third-order valence-electron chi connectivity index (χ3n) is 0.956. The summed E-state index contributed by atoms with van der Waals surface area (Å²) >= 11 is 0. The molecule has 0 bridgehead atoms.